The number of aryl methyl sites for hydroxylation is 1. The Hall–Kier alpha value is -1.55. The highest BCUT2D eigenvalue weighted by Gasteiger charge is 2.17. The van der Waals surface area contributed by atoms with Crippen molar-refractivity contribution >= 4 is 5.91 Å². The van der Waals surface area contributed by atoms with Crippen molar-refractivity contribution in [2.45, 2.75) is 25.7 Å². The molecular formula is C16H22N2O2. The van der Waals surface area contributed by atoms with Gasteiger partial charge in [-0.15, -0.1) is 0 Å². The van der Waals surface area contributed by atoms with E-state index in [0.29, 0.717) is 6.42 Å². The molecule has 0 spiro atoms. The molecule has 0 bridgehead atoms. The summed E-state index contributed by atoms with van der Waals surface area (Å²) in [7, 11) is 0. The molecule has 2 heterocycles. The summed E-state index contributed by atoms with van der Waals surface area (Å²) in [6.45, 7) is 4.43. The van der Waals surface area contributed by atoms with E-state index in [2.05, 4.69) is 11.4 Å². The zero-order chi connectivity index (χ0) is 13.8. The number of nitrogens with zero attached hydrogens (tertiary/aromatic N) is 1. The van der Waals surface area contributed by atoms with Gasteiger partial charge in [0, 0.05) is 19.6 Å². The maximum absolute atomic E-state index is 12.4. The highest BCUT2D eigenvalue weighted by atomic mass is 16.5. The molecule has 0 aromatic heterocycles. The maximum atomic E-state index is 12.4. The van der Waals surface area contributed by atoms with Crippen LogP contribution < -0.4 is 10.1 Å². The summed E-state index contributed by atoms with van der Waals surface area (Å²) < 4.78 is 5.61. The number of amides is 1. The van der Waals surface area contributed by atoms with Crippen LogP contribution >= 0.6 is 0 Å². The fraction of sp³-hybridized carbons (Fsp3) is 0.562. The van der Waals surface area contributed by atoms with Gasteiger partial charge in [0.2, 0.25) is 5.91 Å². The van der Waals surface area contributed by atoms with Crippen molar-refractivity contribution < 1.29 is 9.53 Å². The number of benzene rings is 1. The summed E-state index contributed by atoms with van der Waals surface area (Å²) in [6, 6.07) is 6.18. The number of rotatable bonds is 2. The largest absolute Gasteiger partial charge is 0.493 e. The van der Waals surface area contributed by atoms with E-state index in [9.17, 15) is 4.79 Å². The second-order valence-electron chi connectivity index (χ2n) is 5.56. The number of carbonyl (C=O) groups is 1. The Bertz CT molecular complexity index is 479. The van der Waals surface area contributed by atoms with Crippen molar-refractivity contribution in [2.24, 2.45) is 0 Å². The van der Waals surface area contributed by atoms with Gasteiger partial charge in [-0.3, -0.25) is 4.79 Å². The first-order valence-electron chi connectivity index (χ1n) is 7.56. The molecule has 0 radical (unpaired) electrons. The van der Waals surface area contributed by atoms with Crippen LogP contribution in [0.1, 0.15) is 24.0 Å². The minimum atomic E-state index is 0.241. The van der Waals surface area contributed by atoms with Gasteiger partial charge < -0.3 is 15.0 Å². The summed E-state index contributed by atoms with van der Waals surface area (Å²) in [5, 5.41) is 3.33. The first-order chi connectivity index (χ1) is 9.83. The Labute approximate surface area is 120 Å². The minimum absolute atomic E-state index is 0.241. The van der Waals surface area contributed by atoms with E-state index in [4.69, 9.17) is 4.74 Å². The van der Waals surface area contributed by atoms with Gasteiger partial charge in [0.05, 0.1) is 13.0 Å². The molecule has 2 aliphatic rings. The number of hydrogen-bond donors (Lipinski definition) is 1. The van der Waals surface area contributed by atoms with Crippen molar-refractivity contribution in [3.63, 3.8) is 0 Å². The highest BCUT2D eigenvalue weighted by molar-refractivity contribution is 5.79. The molecule has 20 heavy (non-hydrogen) atoms. The summed E-state index contributed by atoms with van der Waals surface area (Å²) in [5.74, 6) is 1.23. The smallest absolute Gasteiger partial charge is 0.227 e. The number of ether oxygens (including phenoxy) is 1. The van der Waals surface area contributed by atoms with E-state index >= 15 is 0 Å². The Morgan fingerprint density at radius 1 is 1.25 bits per heavy atom. The van der Waals surface area contributed by atoms with E-state index in [1.54, 1.807) is 0 Å². The third-order valence-electron chi connectivity index (χ3n) is 4.02. The number of hydrogen-bond acceptors (Lipinski definition) is 3. The van der Waals surface area contributed by atoms with Crippen molar-refractivity contribution in [3.8, 4) is 5.75 Å². The highest BCUT2D eigenvalue weighted by Crippen LogP contribution is 2.25. The van der Waals surface area contributed by atoms with Crippen LogP contribution in [0.5, 0.6) is 5.75 Å². The van der Waals surface area contributed by atoms with Gasteiger partial charge in [-0.2, -0.15) is 0 Å². The molecule has 1 aromatic rings. The number of nitrogens with one attached hydrogen (secondary N) is 1. The predicted molar refractivity (Wildman–Crippen MR) is 78.0 cm³/mol. The molecule has 1 fully saturated rings. The maximum Gasteiger partial charge on any atom is 0.227 e. The van der Waals surface area contributed by atoms with Crippen molar-refractivity contribution in [2.75, 3.05) is 32.8 Å². The number of fused-ring (bicyclic) bond motifs is 1. The molecule has 108 valence electrons. The topological polar surface area (TPSA) is 41.6 Å². The molecule has 4 heteroatoms. The normalized spacial score (nSPS) is 18.9. The molecule has 0 saturated carbocycles. The summed E-state index contributed by atoms with van der Waals surface area (Å²) in [4.78, 5) is 14.3. The van der Waals surface area contributed by atoms with Gasteiger partial charge in [-0.05, 0) is 43.0 Å². The first kappa shape index (κ1) is 13.4. The standard InChI is InChI=1S/C16H22N2O2/c19-16(18-8-2-6-17-7-9-18)12-13-4-5-15-14(11-13)3-1-10-20-15/h4-5,11,17H,1-3,6-10,12H2. The van der Waals surface area contributed by atoms with Crippen LogP contribution in [0, 0.1) is 0 Å². The summed E-state index contributed by atoms with van der Waals surface area (Å²) in [6.07, 6.45) is 3.68. The van der Waals surface area contributed by atoms with Crippen molar-refractivity contribution in [1.82, 2.24) is 10.2 Å². The Kier molecular flexibility index (Phi) is 4.21. The Morgan fingerprint density at radius 3 is 3.15 bits per heavy atom. The lowest BCUT2D eigenvalue weighted by Crippen LogP contribution is -2.35. The Morgan fingerprint density at radius 2 is 2.20 bits per heavy atom. The lowest BCUT2D eigenvalue weighted by atomic mass is 10.0. The van der Waals surface area contributed by atoms with Gasteiger partial charge in [0.25, 0.3) is 0 Å². The van der Waals surface area contributed by atoms with Crippen LogP contribution in [-0.4, -0.2) is 43.6 Å². The second-order valence-corrected chi connectivity index (χ2v) is 5.56. The lowest BCUT2D eigenvalue weighted by molar-refractivity contribution is -0.130. The van der Waals surface area contributed by atoms with E-state index in [1.165, 1.54) is 5.56 Å². The van der Waals surface area contributed by atoms with Crippen molar-refractivity contribution in [3.05, 3.63) is 29.3 Å². The van der Waals surface area contributed by atoms with Gasteiger partial charge in [0.1, 0.15) is 5.75 Å². The van der Waals surface area contributed by atoms with Gasteiger partial charge in [-0.25, -0.2) is 0 Å². The van der Waals surface area contributed by atoms with E-state index in [1.807, 2.05) is 17.0 Å². The average Bonchev–Trinajstić information content (AvgIpc) is 2.76. The SMILES string of the molecule is O=C(Cc1ccc2c(c1)CCCO2)N1CCCNCC1. The van der Waals surface area contributed by atoms with E-state index < -0.39 is 0 Å². The van der Waals surface area contributed by atoms with Crippen LogP contribution in [0.4, 0.5) is 0 Å². The fourth-order valence-corrected chi connectivity index (χ4v) is 2.91. The van der Waals surface area contributed by atoms with Crippen LogP contribution in [0.15, 0.2) is 18.2 Å². The summed E-state index contributed by atoms with van der Waals surface area (Å²) >= 11 is 0. The molecule has 1 saturated heterocycles. The molecule has 1 amide bonds. The van der Waals surface area contributed by atoms with Crippen LogP contribution in [0.3, 0.4) is 0 Å². The van der Waals surface area contributed by atoms with Crippen LogP contribution in [-0.2, 0) is 17.6 Å². The number of carbonyl (C=O) groups excluding carboxylic acids is 1. The van der Waals surface area contributed by atoms with E-state index in [-0.39, 0.29) is 5.91 Å². The predicted octanol–water partition coefficient (Wildman–Crippen LogP) is 1.38. The zero-order valence-electron chi connectivity index (χ0n) is 11.9. The van der Waals surface area contributed by atoms with Crippen LogP contribution in [0.2, 0.25) is 0 Å². The average molecular weight is 274 g/mol. The molecule has 0 atom stereocenters. The minimum Gasteiger partial charge on any atom is -0.493 e. The second kappa shape index (κ2) is 6.27. The molecule has 2 aliphatic heterocycles. The first-order valence-corrected chi connectivity index (χ1v) is 7.56. The molecule has 1 aromatic carbocycles. The zero-order valence-corrected chi connectivity index (χ0v) is 11.9. The van der Waals surface area contributed by atoms with Gasteiger partial charge >= 0.3 is 0 Å². The third kappa shape index (κ3) is 3.12. The van der Waals surface area contributed by atoms with Gasteiger partial charge in [-0.1, -0.05) is 12.1 Å². The third-order valence-corrected chi connectivity index (χ3v) is 4.02. The van der Waals surface area contributed by atoms with Gasteiger partial charge in [0.15, 0.2) is 0 Å². The lowest BCUT2D eigenvalue weighted by Gasteiger charge is -2.21. The molecule has 4 nitrogen and oxygen atoms in total. The fourth-order valence-electron chi connectivity index (χ4n) is 2.91. The quantitative estimate of drug-likeness (QED) is 0.886. The van der Waals surface area contributed by atoms with Crippen molar-refractivity contribution in [1.29, 1.82) is 0 Å². The molecular weight excluding hydrogens is 252 g/mol. The summed E-state index contributed by atoms with van der Waals surface area (Å²) in [5.41, 5.74) is 2.36. The monoisotopic (exact) mass is 274 g/mol. The Balaban J connectivity index is 1.66. The molecule has 1 N–H and O–H groups in total. The van der Waals surface area contributed by atoms with Crippen LogP contribution in [0.25, 0.3) is 0 Å². The molecule has 0 aliphatic carbocycles. The molecule has 0 unspecified atom stereocenters. The van der Waals surface area contributed by atoms with E-state index in [0.717, 1.165) is 63.4 Å². The molecule has 3 rings (SSSR count).